The largest absolute Gasteiger partial charge is 0.486 e. The molecule has 0 aliphatic carbocycles. The Morgan fingerprint density at radius 3 is 2.68 bits per heavy atom. The second-order valence-electron chi connectivity index (χ2n) is 4.20. The van der Waals surface area contributed by atoms with Crippen molar-refractivity contribution in [1.82, 2.24) is 5.32 Å². The fourth-order valence-electron chi connectivity index (χ4n) is 1.83. The van der Waals surface area contributed by atoms with E-state index in [1.165, 1.54) is 7.11 Å². The van der Waals surface area contributed by atoms with Crippen LogP contribution in [0.15, 0.2) is 16.6 Å². The first-order valence-electron chi connectivity index (χ1n) is 6.01. The van der Waals surface area contributed by atoms with E-state index in [0.717, 1.165) is 21.5 Å². The lowest BCUT2D eigenvalue weighted by atomic mass is 10.1. The number of fused-ring (bicyclic) bond motifs is 1. The van der Waals surface area contributed by atoms with Crippen LogP contribution in [0.5, 0.6) is 11.5 Å². The Labute approximate surface area is 120 Å². The average molecular weight is 330 g/mol. The van der Waals surface area contributed by atoms with Crippen LogP contribution in [0.2, 0.25) is 0 Å². The van der Waals surface area contributed by atoms with Gasteiger partial charge in [0.25, 0.3) is 0 Å². The number of halogens is 1. The predicted octanol–water partition coefficient (Wildman–Crippen LogP) is 2.04. The summed E-state index contributed by atoms with van der Waals surface area (Å²) < 4.78 is 16.6. The molecule has 1 aromatic carbocycles. The Bertz CT molecular complexity index is 478. The molecule has 1 aliphatic rings. The highest BCUT2D eigenvalue weighted by molar-refractivity contribution is 9.10. The maximum absolute atomic E-state index is 11.1. The SMILES string of the molecule is COC(=O)CN[C@H](C)c1cc2c(cc1Br)OCCO2. The van der Waals surface area contributed by atoms with Gasteiger partial charge in [0.05, 0.1) is 13.7 Å². The second-order valence-corrected chi connectivity index (χ2v) is 5.05. The number of carbonyl (C=O) groups excluding carboxylic acids is 1. The molecule has 0 bridgehead atoms. The number of hydrogen-bond acceptors (Lipinski definition) is 5. The van der Waals surface area contributed by atoms with Gasteiger partial charge < -0.3 is 19.5 Å². The van der Waals surface area contributed by atoms with Crippen molar-refractivity contribution in [2.75, 3.05) is 26.9 Å². The molecule has 1 aliphatic heterocycles. The molecule has 5 nitrogen and oxygen atoms in total. The molecule has 1 N–H and O–H groups in total. The van der Waals surface area contributed by atoms with E-state index < -0.39 is 0 Å². The monoisotopic (exact) mass is 329 g/mol. The number of esters is 1. The standard InChI is InChI=1S/C13H16BrNO4/c1-8(15-7-13(16)17-2)9-5-11-12(6-10(9)14)19-4-3-18-11/h5-6,8,15H,3-4,7H2,1-2H3/t8-/m1/s1. The highest BCUT2D eigenvalue weighted by Gasteiger charge is 2.18. The van der Waals surface area contributed by atoms with Gasteiger partial charge in [0.2, 0.25) is 0 Å². The smallest absolute Gasteiger partial charge is 0.319 e. The van der Waals surface area contributed by atoms with Crippen LogP contribution in [0.4, 0.5) is 0 Å². The minimum atomic E-state index is -0.291. The number of benzene rings is 1. The van der Waals surface area contributed by atoms with Gasteiger partial charge in [-0.2, -0.15) is 0 Å². The Hall–Kier alpha value is -1.27. The van der Waals surface area contributed by atoms with E-state index in [4.69, 9.17) is 9.47 Å². The third kappa shape index (κ3) is 3.39. The van der Waals surface area contributed by atoms with Crippen molar-refractivity contribution < 1.29 is 19.0 Å². The summed E-state index contributed by atoms with van der Waals surface area (Å²) in [5.74, 6) is 1.18. The first-order valence-corrected chi connectivity index (χ1v) is 6.80. The van der Waals surface area contributed by atoms with Gasteiger partial charge in [-0.3, -0.25) is 4.79 Å². The number of nitrogens with one attached hydrogen (secondary N) is 1. The minimum absolute atomic E-state index is 0.00991. The lowest BCUT2D eigenvalue weighted by Gasteiger charge is -2.22. The zero-order chi connectivity index (χ0) is 13.8. The average Bonchev–Trinajstić information content (AvgIpc) is 2.43. The molecule has 104 valence electrons. The third-order valence-corrected chi connectivity index (χ3v) is 3.60. The lowest BCUT2D eigenvalue weighted by molar-refractivity contribution is -0.139. The summed E-state index contributed by atoms with van der Waals surface area (Å²) >= 11 is 3.51. The van der Waals surface area contributed by atoms with E-state index in [2.05, 4.69) is 26.0 Å². The molecule has 0 radical (unpaired) electrons. The van der Waals surface area contributed by atoms with Gasteiger partial charge >= 0.3 is 5.97 Å². The molecule has 1 atom stereocenters. The topological polar surface area (TPSA) is 56.8 Å². The zero-order valence-corrected chi connectivity index (χ0v) is 12.5. The summed E-state index contributed by atoms with van der Waals surface area (Å²) in [5.41, 5.74) is 1.01. The Kier molecular flexibility index (Phi) is 4.66. The molecule has 0 saturated carbocycles. The van der Waals surface area contributed by atoms with Crippen LogP contribution in [-0.2, 0) is 9.53 Å². The van der Waals surface area contributed by atoms with E-state index in [-0.39, 0.29) is 18.6 Å². The van der Waals surface area contributed by atoms with Crippen LogP contribution in [0.25, 0.3) is 0 Å². The molecule has 0 aromatic heterocycles. The number of carbonyl (C=O) groups is 1. The van der Waals surface area contributed by atoms with Crippen LogP contribution in [-0.4, -0.2) is 32.8 Å². The molecule has 0 spiro atoms. The molecule has 0 saturated heterocycles. The normalized spacial score (nSPS) is 14.9. The molecular weight excluding hydrogens is 314 g/mol. The summed E-state index contributed by atoms with van der Waals surface area (Å²) in [6.07, 6.45) is 0. The zero-order valence-electron chi connectivity index (χ0n) is 10.9. The quantitative estimate of drug-likeness (QED) is 0.857. The highest BCUT2D eigenvalue weighted by Crippen LogP contribution is 2.37. The molecule has 0 unspecified atom stereocenters. The van der Waals surface area contributed by atoms with Crippen LogP contribution in [0, 0.1) is 0 Å². The summed E-state index contributed by atoms with van der Waals surface area (Å²) in [6.45, 7) is 3.25. The number of rotatable bonds is 4. The van der Waals surface area contributed by atoms with Crippen LogP contribution in [0.1, 0.15) is 18.5 Å². The highest BCUT2D eigenvalue weighted by atomic mass is 79.9. The molecule has 6 heteroatoms. The second kappa shape index (κ2) is 6.25. The van der Waals surface area contributed by atoms with Gasteiger partial charge in [0.15, 0.2) is 11.5 Å². The van der Waals surface area contributed by atoms with Gasteiger partial charge in [0.1, 0.15) is 13.2 Å². The molecule has 2 rings (SSSR count). The lowest BCUT2D eigenvalue weighted by Crippen LogP contribution is -2.27. The van der Waals surface area contributed by atoms with Crippen molar-refractivity contribution in [2.45, 2.75) is 13.0 Å². The fourth-order valence-corrected chi connectivity index (χ4v) is 2.50. The summed E-state index contributed by atoms with van der Waals surface area (Å²) in [7, 11) is 1.37. The predicted molar refractivity (Wildman–Crippen MR) is 73.6 cm³/mol. The van der Waals surface area contributed by atoms with Crippen molar-refractivity contribution in [3.63, 3.8) is 0 Å². The van der Waals surface area contributed by atoms with Crippen molar-refractivity contribution in [1.29, 1.82) is 0 Å². The molecule has 0 fully saturated rings. The summed E-state index contributed by atoms with van der Waals surface area (Å²) in [5, 5.41) is 3.10. The minimum Gasteiger partial charge on any atom is -0.486 e. The number of ether oxygens (including phenoxy) is 3. The first kappa shape index (κ1) is 14.1. The molecule has 0 amide bonds. The molecule has 1 aromatic rings. The first-order chi connectivity index (χ1) is 9.11. The number of methoxy groups -OCH3 is 1. The summed E-state index contributed by atoms with van der Waals surface area (Å²) in [4.78, 5) is 11.1. The van der Waals surface area contributed by atoms with E-state index >= 15 is 0 Å². The van der Waals surface area contributed by atoms with Crippen molar-refractivity contribution in [3.8, 4) is 11.5 Å². The molecular formula is C13H16BrNO4. The van der Waals surface area contributed by atoms with E-state index in [0.29, 0.717) is 13.2 Å². The number of hydrogen-bond donors (Lipinski definition) is 1. The third-order valence-electron chi connectivity index (χ3n) is 2.91. The van der Waals surface area contributed by atoms with Crippen molar-refractivity contribution in [2.24, 2.45) is 0 Å². The Morgan fingerprint density at radius 2 is 2.05 bits per heavy atom. The van der Waals surface area contributed by atoms with Crippen LogP contribution in [0.3, 0.4) is 0 Å². The Balaban J connectivity index is 2.12. The summed E-state index contributed by atoms with van der Waals surface area (Å²) in [6, 6.07) is 3.80. The van der Waals surface area contributed by atoms with Gasteiger partial charge in [-0.1, -0.05) is 15.9 Å². The molecule has 19 heavy (non-hydrogen) atoms. The maximum Gasteiger partial charge on any atom is 0.319 e. The van der Waals surface area contributed by atoms with E-state index in [9.17, 15) is 4.79 Å². The van der Waals surface area contributed by atoms with Gasteiger partial charge in [-0.25, -0.2) is 0 Å². The van der Waals surface area contributed by atoms with Crippen molar-refractivity contribution >= 4 is 21.9 Å². The van der Waals surface area contributed by atoms with Gasteiger partial charge in [0, 0.05) is 10.5 Å². The maximum atomic E-state index is 11.1. The van der Waals surface area contributed by atoms with Crippen LogP contribution < -0.4 is 14.8 Å². The molecule has 1 heterocycles. The van der Waals surface area contributed by atoms with E-state index in [1.54, 1.807) is 0 Å². The van der Waals surface area contributed by atoms with E-state index in [1.807, 2.05) is 19.1 Å². The Morgan fingerprint density at radius 1 is 1.42 bits per heavy atom. The van der Waals surface area contributed by atoms with Gasteiger partial charge in [-0.15, -0.1) is 0 Å². The van der Waals surface area contributed by atoms with Crippen LogP contribution >= 0.6 is 15.9 Å². The van der Waals surface area contributed by atoms with Crippen molar-refractivity contribution in [3.05, 3.63) is 22.2 Å². The fraction of sp³-hybridized carbons (Fsp3) is 0.462. The van der Waals surface area contributed by atoms with Gasteiger partial charge in [-0.05, 0) is 24.6 Å².